The molecule has 0 rings (SSSR count). The predicted octanol–water partition coefficient (Wildman–Crippen LogP) is 2.90. The van der Waals surface area contributed by atoms with E-state index < -0.39 is 5.97 Å². The molecule has 0 saturated heterocycles. The van der Waals surface area contributed by atoms with Crippen LogP contribution in [0.15, 0.2) is 24.3 Å². The lowest BCUT2D eigenvalue weighted by molar-refractivity contribution is -0.132. The Labute approximate surface area is 85.4 Å². The van der Waals surface area contributed by atoms with Crippen LogP contribution in [0.5, 0.6) is 0 Å². The number of aliphatic carboxylic acids is 1. The van der Waals surface area contributed by atoms with Gasteiger partial charge >= 0.3 is 5.97 Å². The van der Waals surface area contributed by atoms with Crippen LogP contribution in [0, 0.1) is 11.3 Å². The van der Waals surface area contributed by atoms with Crippen molar-refractivity contribution < 1.29 is 9.90 Å². The number of allylic oxidation sites excluding steroid dienone is 2. The maximum Gasteiger partial charge on any atom is 0.330 e. The topological polar surface area (TPSA) is 61.1 Å². The molecule has 0 aromatic rings. The van der Waals surface area contributed by atoms with Crippen LogP contribution in [0.25, 0.3) is 0 Å². The van der Waals surface area contributed by atoms with Gasteiger partial charge < -0.3 is 5.11 Å². The van der Waals surface area contributed by atoms with Gasteiger partial charge in [0.25, 0.3) is 0 Å². The van der Waals surface area contributed by atoms with Gasteiger partial charge in [-0.3, -0.25) is 0 Å². The van der Waals surface area contributed by atoms with Gasteiger partial charge in [-0.05, 0) is 13.3 Å². The van der Waals surface area contributed by atoms with Crippen molar-refractivity contribution in [1.29, 1.82) is 5.26 Å². The fraction of sp³-hybridized carbons (Fsp3) is 0.455. The summed E-state index contributed by atoms with van der Waals surface area (Å²) < 4.78 is 0. The highest BCUT2D eigenvalue weighted by atomic mass is 16.4. The fourth-order valence-electron chi connectivity index (χ4n) is 0.610. The number of carbonyl (C=O) groups is 1. The summed E-state index contributed by atoms with van der Waals surface area (Å²) in [4.78, 5) is 10.2. The van der Waals surface area contributed by atoms with Gasteiger partial charge in [0, 0.05) is 11.6 Å². The van der Waals surface area contributed by atoms with E-state index in [1.807, 2.05) is 0 Å². The Kier molecular flexibility index (Phi) is 12.2. The summed E-state index contributed by atoms with van der Waals surface area (Å²) in [6.45, 7) is 6.83. The number of carboxylic acid groups (broad SMARTS) is 1. The van der Waals surface area contributed by atoms with Crippen molar-refractivity contribution in [3.8, 4) is 6.07 Å². The average molecular weight is 195 g/mol. The zero-order chi connectivity index (χ0) is 11.4. The van der Waals surface area contributed by atoms with Crippen molar-refractivity contribution in [2.24, 2.45) is 0 Å². The van der Waals surface area contributed by atoms with Crippen molar-refractivity contribution in [2.75, 3.05) is 0 Å². The van der Waals surface area contributed by atoms with Crippen molar-refractivity contribution in [3.63, 3.8) is 0 Å². The van der Waals surface area contributed by atoms with E-state index in [0.29, 0.717) is 5.57 Å². The van der Waals surface area contributed by atoms with E-state index in [0.717, 1.165) is 19.3 Å². The standard InChI is InChI=1S/C8H14O2.C3H3N/c1-3-4-5-6-7(2)8(9)10;1-2-3-4/h6H,3-5H2,1-2H3,(H,9,10);2H,1H2/b7-6+;. The second-order valence-electron chi connectivity index (χ2n) is 2.67. The molecule has 0 aliphatic rings. The smallest absolute Gasteiger partial charge is 0.330 e. The summed E-state index contributed by atoms with van der Waals surface area (Å²) in [6.07, 6.45) is 6.02. The summed E-state index contributed by atoms with van der Waals surface area (Å²) >= 11 is 0. The second kappa shape index (κ2) is 11.4. The van der Waals surface area contributed by atoms with Crippen LogP contribution >= 0.6 is 0 Å². The van der Waals surface area contributed by atoms with E-state index in [-0.39, 0.29) is 0 Å². The molecule has 0 unspecified atom stereocenters. The first kappa shape index (κ1) is 14.9. The van der Waals surface area contributed by atoms with E-state index >= 15 is 0 Å². The molecule has 3 nitrogen and oxygen atoms in total. The fourth-order valence-corrected chi connectivity index (χ4v) is 0.610. The molecule has 0 fully saturated rings. The lowest BCUT2D eigenvalue weighted by Gasteiger charge is -1.91. The van der Waals surface area contributed by atoms with Crippen molar-refractivity contribution in [2.45, 2.75) is 33.1 Å². The third-order valence-corrected chi connectivity index (χ3v) is 1.44. The molecule has 3 heteroatoms. The molecule has 0 aliphatic carbocycles. The first-order valence-corrected chi connectivity index (χ1v) is 4.50. The van der Waals surface area contributed by atoms with Crippen LogP contribution in [0.1, 0.15) is 33.1 Å². The number of hydrogen-bond donors (Lipinski definition) is 1. The highest BCUT2D eigenvalue weighted by Crippen LogP contribution is 2.00. The molecule has 0 amide bonds. The van der Waals surface area contributed by atoms with Crippen LogP contribution in [0.2, 0.25) is 0 Å². The number of unbranched alkanes of at least 4 members (excludes halogenated alkanes) is 2. The van der Waals surface area contributed by atoms with E-state index in [4.69, 9.17) is 10.4 Å². The Bertz CT molecular complexity index is 236. The quantitative estimate of drug-likeness (QED) is 0.426. The second-order valence-corrected chi connectivity index (χ2v) is 2.67. The molecular weight excluding hydrogens is 178 g/mol. The summed E-state index contributed by atoms with van der Waals surface area (Å²) in [5, 5.41) is 15.9. The SMILES string of the molecule is C=CC#N.CCCC/C=C(\C)C(=O)O. The predicted molar refractivity (Wildman–Crippen MR) is 56.7 cm³/mol. The molecule has 0 saturated carbocycles. The highest BCUT2D eigenvalue weighted by molar-refractivity contribution is 5.85. The lowest BCUT2D eigenvalue weighted by Crippen LogP contribution is -1.95. The van der Waals surface area contributed by atoms with Gasteiger partial charge in [-0.15, -0.1) is 0 Å². The molecule has 0 spiro atoms. The van der Waals surface area contributed by atoms with Gasteiger partial charge in [-0.25, -0.2) is 4.79 Å². The van der Waals surface area contributed by atoms with Crippen molar-refractivity contribution in [3.05, 3.63) is 24.3 Å². The molecular formula is C11H17NO2. The Hall–Kier alpha value is -1.56. The number of nitrogens with zero attached hydrogens (tertiary/aromatic N) is 1. The molecule has 0 aromatic carbocycles. The maximum atomic E-state index is 10.2. The summed E-state index contributed by atoms with van der Waals surface area (Å²) in [7, 11) is 0. The van der Waals surface area contributed by atoms with Crippen molar-refractivity contribution >= 4 is 5.97 Å². The third-order valence-electron chi connectivity index (χ3n) is 1.44. The van der Waals surface area contributed by atoms with E-state index in [9.17, 15) is 4.79 Å². The normalized spacial score (nSPS) is 9.36. The largest absolute Gasteiger partial charge is 0.478 e. The van der Waals surface area contributed by atoms with Gasteiger partial charge in [0.2, 0.25) is 0 Å². The number of hydrogen-bond acceptors (Lipinski definition) is 2. The highest BCUT2D eigenvalue weighted by Gasteiger charge is 1.96. The lowest BCUT2D eigenvalue weighted by atomic mass is 10.2. The van der Waals surface area contributed by atoms with Crippen LogP contribution in [-0.4, -0.2) is 11.1 Å². The van der Waals surface area contributed by atoms with Crippen LogP contribution < -0.4 is 0 Å². The van der Waals surface area contributed by atoms with Gasteiger partial charge in [0.05, 0.1) is 6.07 Å². The summed E-state index contributed by atoms with van der Waals surface area (Å²) in [6, 6.07) is 1.69. The van der Waals surface area contributed by atoms with Gasteiger partial charge in [-0.1, -0.05) is 32.4 Å². The zero-order valence-corrected chi connectivity index (χ0v) is 8.79. The molecule has 0 bridgehead atoms. The molecule has 78 valence electrons. The summed E-state index contributed by atoms with van der Waals surface area (Å²) in [5.41, 5.74) is 0.452. The summed E-state index contributed by atoms with van der Waals surface area (Å²) in [5.74, 6) is -0.809. The molecule has 1 N–H and O–H groups in total. The van der Waals surface area contributed by atoms with E-state index in [1.54, 1.807) is 19.1 Å². The van der Waals surface area contributed by atoms with Gasteiger partial charge in [0.1, 0.15) is 0 Å². The Morgan fingerprint density at radius 1 is 1.64 bits per heavy atom. The molecule has 0 radical (unpaired) electrons. The Morgan fingerprint density at radius 2 is 2.14 bits per heavy atom. The number of rotatable bonds is 4. The van der Waals surface area contributed by atoms with E-state index in [1.165, 1.54) is 6.08 Å². The Morgan fingerprint density at radius 3 is 2.43 bits per heavy atom. The first-order chi connectivity index (χ1) is 6.59. The number of carboxylic acids is 1. The Balaban J connectivity index is 0. The molecule has 0 aliphatic heterocycles. The number of nitriles is 1. The monoisotopic (exact) mass is 195 g/mol. The van der Waals surface area contributed by atoms with Gasteiger partial charge in [-0.2, -0.15) is 5.26 Å². The average Bonchev–Trinajstić information content (AvgIpc) is 2.18. The van der Waals surface area contributed by atoms with E-state index in [2.05, 4.69) is 13.5 Å². The first-order valence-electron chi connectivity index (χ1n) is 4.50. The molecule has 14 heavy (non-hydrogen) atoms. The van der Waals surface area contributed by atoms with Crippen LogP contribution in [0.4, 0.5) is 0 Å². The molecule has 0 aromatic heterocycles. The minimum absolute atomic E-state index is 0.452. The molecule has 0 heterocycles. The minimum atomic E-state index is -0.809. The van der Waals surface area contributed by atoms with Crippen LogP contribution in [-0.2, 0) is 4.79 Å². The van der Waals surface area contributed by atoms with Crippen molar-refractivity contribution in [1.82, 2.24) is 0 Å². The van der Waals surface area contributed by atoms with Gasteiger partial charge in [0.15, 0.2) is 0 Å². The molecule has 0 atom stereocenters. The zero-order valence-electron chi connectivity index (χ0n) is 8.79. The maximum absolute atomic E-state index is 10.2. The minimum Gasteiger partial charge on any atom is -0.478 e. The van der Waals surface area contributed by atoms with Crippen LogP contribution in [0.3, 0.4) is 0 Å². The third kappa shape index (κ3) is 13.1.